The van der Waals surface area contributed by atoms with Crippen molar-refractivity contribution in [2.45, 2.75) is 0 Å². The third-order valence-corrected chi connectivity index (χ3v) is 3.83. The number of H-pyrrole nitrogens is 1. The fourth-order valence-corrected chi connectivity index (χ4v) is 2.59. The van der Waals surface area contributed by atoms with E-state index in [1.807, 2.05) is 0 Å². The van der Waals surface area contributed by atoms with E-state index in [4.69, 9.17) is 10.8 Å². The number of carbonyl (C=O) groups is 2. The summed E-state index contributed by atoms with van der Waals surface area (Å²) in [7, 11) is 0. The molecule has 100 valence electrons. The number of hydrogen-bond acceptors (Lipinski definition) is 5. The molecule has 3 aromatic rings. The van der Waals surface area contributed by atoms with E-state index < -0.39 is 11.9 Å². The SMILES string of the molecule is NC(=O)c1ccc(-c2cnc3[nH]cc(C(=O)O)c3n2)s1. The van der Waals surface area contributed by atoms with Gasteiger partial charge in [-0.1, -0.05) is 0 Å². The van der Waals surface area contributed by atoms with Gasteiger partial charge in [0.2, 0.25) is 0 Å². The maximum absolute atomic E-state index is 11.1. The number of amides is 1. The van der Waals surface area contributed by atoms with E-state index in [0.29, 0.717) is 21.1 Å². The van der Waals surface area contributed by atoms with Crippen LogP contribution >= 0.6 is 11.3 Å². The Hall–Kier alpha value is -2.74. The van der Waals surface area contributed by atoms with Crippen molar-refractivity contribution < 1.29 is 14.7 Å². The van der Waals surface area contributed by atoms with E-state index in [0.717, 1.165) is 0 Å². The first kappa shape index (κ1) is 12.3. The Labute approximate surface area is 116 Å². The predicted octanol–water partition coefficient (Wildman–Crippen LogP) is 1.48. The van der Waals surface area contributed by atoms with Crippen molar-refractivity contribution in [1.82, 2.24) is 15.0 Å². The molecular formula is C12H8N4O3S. The summed E-state index contributed by atoms with van der Waals surface area (Å²) in [4.78, 5) is 34.4. The Balaban J connectivity index is 2.13. The molecule has 0 atom stereocenters. The van der Waals surface area contributed by atoms with E-state index in [1.54, 1.807) is 12.1 Å². The summed E-state index contributed by atoms with van der Waals surface area (Å²) in [5.74, 6) is -1.59. The number of nitrogens with two attached hydrogens (primary N) is 1. The Kier molecular flexibility index (Phi) is 2.72. The van der Waals surface area contributed by atoms with Crippen LogP contribution in [0.3, 0.4) is 0 Å². The summed E-state index contributed by atoms with van der Waals surface area (Å²) in [6.45, 7) is 0. The minimum atomic E-state index is -1.08. The maximum Gasteiger partial charge on any atom is 0.339 e. The molecule has 7 nitrogen and oxygen atoms in total. The molecule has 0 radical (unpaired) electrons. The number of nitrogens with one attached hydrogen (secondary N) is 1. The summed E-state index contributed by atoms with van der Waals surface area (Å²) in [6, 6.07) is 3.30. The van der Waals surface area contributed by atoms with Crippen LogP contribution in [0.2, 0.25) is 0 Å². The number of carboxylic acids is 1. The number of carboxylic acid groups (broad SMARTS) is 1. The predicted molar refractivity (Wildman–Crippen MR) is 72.7 cm³/mol. The number of aromatic amines is 1. The number of thiophene rings is 1. The molecule has 20 heavy (non-hydrogen) atoms. The average molecular weight is 288 g/mol. The first-order chi connectivity index (χ1) is 9.56. The van der Waals surface area contributed by atoms with Crippen molar-refractivity contribution in [1.29, 1.82) is 0 Å². The quantitative estimate of drug-likeness (QED) is 0.673. The van der Waals surface area contributed by atoms with Crippen molar-refractivity contribution in [3.8, 4) is 10.6 Å². The molecule has 0 bridgehead atoms. The Morgan fingerprint density at radius 3 is 2.80 bits per heavy atom. The molecule has 0 aliphatic heterocycles. The number of hydrogen-bond donors (Lipinski definition) is 3. The largest absolute Gasteiger partial charge is 0.478 e. The van der Waals surface area contributed by atoms with E-state index >= 15 is 0 Å². The molecule has 3 rings (SSSR count). The summed E-state index contributed by atoms with van der Waals surface area (Å²) in [5, 5.41) is 9.06. The second-order valence-electron chi connectivity index (χ2n) is 3.99. The van der Waals surface area contributed by atoms with Gasteiger partial charge in [-0.3, -0.25) is 4.79 Å². The zero-order chi connectivity index (χ0) is 14.3. The van der Waals surface area contributed by atoms with Crippen LogP contribution in [0.1, 0.15) is 20.0 Å². The van der Waals surface area contributed by atoms with Gasteiger partial charge in [-0.05, 0) is 12.1 Å². The smallest absolute Gasteiger partial charge is 0.339 e. The normalized spacial score (nSPS) is 10.8. The topological polar surface area (TPSA) is 122 Å². The van der Waals surface area contributed by atoms with Crippen molar-refractivity contribution >= 4 is 34.4 Å². The molecule has 0 unspecified atom stereocenters. The molecule has 0 saturated carbocycles. The van der Waals surface area contributed by atoms with Gasteiger partial charge in [-0.25, -0.2) is 14.8 Å². The zero-order valence-corrected chi connectivity index (χ0v) is 10.8. The summed E-state index contributed by atoms with van der Waals surface area (Å²) in [5.41, 5.74) is 6.43. The number of aromatic nitrogens is 3. The van der Waals surface area contributed by atoms with Gasteiger partial charge in [0.15, 0.2) is 5.65 Å². The molecule has 0 saturated heterocycles. The lowest BCUT2D eigenvalue weighted by molar-refractivity contribution is 0.0698. The Morgan fingerprint density at radius 1 is 1.35 bits per heavy atom. The second-order valence-corrected chi connectivity index (χ2v) is 5.07. The highest BCUT2D eigenvalue weighted by Crippen LogP contribution is 2.27. The van der Waals surface area contributed by atoms with E-state index in [2.05, 4.69) is 15.0 Å². The van der Waals surface area contributed by atoms with Crippen molar-refractivity contribution in [2.75, 3.05) is 0 Å². The molecule has 3 heterocycles. The molecule has 0 fully saturated rings. The number of carbonyl (C=O) groups excluding carboxylic acids is 1. The molecule has 4 N–H and O–H groups in total. The van der Waals surface area contributed by atoms with Crippen LogP contribution < -0.4 is 5.73 Å². The first-order valence-corrected chi connectivity index (χ1v) is 6.35. The van der Waals surface area contributed by atoms with Gasteiger partial charge in [-0.15, -0.1) is 11.3 Å². The van der Waals surface area contributed by atoms with Crippen LogP contribution in [0, 0.1) is 0 Å². The van der Waals surface area contributed by atoms with Crippen LogP contribution in [0.4, 0.5) is 0 Å². The lowest BCUT2D eigenvalue weighted by Crippen LogP contribution is -2.07. The number of primary amides is 1. The van der Waals surface area contributed by atoms with E-state index in [-0.39, 0.29) is 11.1 Å². The fourth-order valence-electron chi connectivity index (χ4n) is 1.78. The summed E-state index contributed by atoms with van der Waals surface area (Å²) < 4.78 is 0. The summed E-state index contributed by atoms with van der Waals surface area (Å²) in [6.07, 6.45) is 2.86. The molecule has 0 spiro atoms. The minimum absolute atomic E-state index is 0.0565. The molecule has 1 amide bonds. The highest BCUT2D eigenvalue weighted by atomic mass is 32.1. The number of rotatable bonds is 3. The van der Waals surface area contributed by atoms with Crippen LogP contribution in [-0.2, 0) is 0 Å². The highest BCUT2D eigenvalue weighted by molar-refractivity contribution is 7.17. The van der Waals surface area contributed by atoms with E-state index in [1.165, 1.54) is 23.7 Å². The van der Waals surface area contributed by atoms with Gasteiger partial charge >= 0.3 is 5.97 Å². The lowest BCUT2D eigenvalue weighted by atomic mass is 10.3. The van der Waals surface area contributed by atoms with Crippen LogP contribution in [0.25, 0.3) is 21.7 Å². The molecular weight excluding hydrogens is 280 g/mol. The minimum Gasteiger partial charge on any atom is -0.478 e. The maximum atomic E-state index is 11.1. The van der Waals surface area contributed by atoms with Crippen molar-refractivity contribution in [3.63, 3.8) is 0 Å². The fraction of sp³-hybridized carbons (Fsp3) is 0. The number of aromatic carboxylic acids is 1. The van der Waals surface area contributed by atoms with Crippen LogP contribution in [0.5, 0.6) is 0 Å². The van der Waals surface area contributed by atoms with Gasteiger partial charge in [0.1, 0.15) is 11.1 Å². The van der Waals surface area contributed by atoms with Crippen LogP contribution in [0.15, 0.2) is 24.5 Å². The third-order valence-electron chi connectivity index (χ3n) is 2.71. The summed E-state index contributed by atoms with van der Waals surface area (Å²) >= 11 is 1.18. The van der Waals surface area contributed by atoms with Crippen molar-refractivity contribution in [2.24, 2.45) is 5.73 Å². The molecule has 0 aromatic carbocycles. The molecule has 8 heteroatoms. The zero-order valence-electron chi connectivity index (χ0n) is 9.95. The second kappa shape index (κ2) is 4.42. The van der Waals surface area contributed by atoms with E-state index in [9.17, 15) is 9.59 Å². The monoisotopic (exact) mass is 288 g/mol. The molecule has 0 aliphatic carbocycles. The average Bonchev–Trinajstić information content (AvgIpc) is 3.04. The lowest BCUT2D eigenvalue weighted by Gasteiger charge is -1.97. The third kappa shape index (κ3) is 1.91. The standard InChI is InChI=1S/C12H8N4O3S/c13-10(17)8-2-1-7(20-8)6-4-15-11-9(16-6)5(3-14-11)12(18)19/h1-4H,(H2,13,17)(H,14,15)(H,18,19). The van der Waals surface area contributed by atoms with Gasteiger partial charge < -0.3 is 15.8 Å². The first-order valence-electron chi connectivity index (χ1n) is 5.53. The van der Waals surface area contributed by atoms with Gasteiger partial charge in [-0.2, -0.15) is 0 Å². The Bertz CT molecular complexity index is 836. The molecule has 0 aliphatic rings. The van der Waals surface area contributed by atoms with Gasteiger partial charge in [0.25, 0.3) is 5.91 Å². The van der Waals surface area contributed by atoms with Gasteiger partial charge in [0.05, 0.1) is 21.6 Å². The number of nitrogens with zero attached hydrogens (tertiary/aromatic N) is 2. The van der Waals surface area contributed by atoms with Crippen molar-refractivity contribution in [3.05, 3.63) is 35.0 Å². The van der Waals surface area contributed by atoms with Gasteiger partial charge in [0, 0.05) is 6.20 Å². The Morgan fingerprint density at radius 2 is 2.15 bits per heavy atom. The highest BCUT2D eigenvalue weighted by Gasteiger charge is 2.15. The molecule has 3 aromatic heterocycles. The van der Waals surface area contributed by atoms with Crippen LogP contribution in [-0.4, -0.2) is 31.9 Å². The number of fused-ring (bicyclic) bond motifs is 1.